The molecule has 3 rings (SSSR count). The maximum absolute atomic E-state index is 14.1. The second-order valence-corrected chi connectivity index (χ2v) is 5.30. The van der Waals surface area contributed by atoms with Crippen LogP contribution in [0.4, 0.5) is 8.78 Å². The van der Waals surface area contributed by atoms with Gasteiger partial charge in [0.25, 0.3) is 0 Å². The summed E-state index contributed by atoms with van der Waals surface area (Å²) < 4.78 is 29.4. The number of aryl methyl sites for hydroxylation is 1. The van der Waals surface area contributed by atoms with Crippen molar-refractivity contribution in [2.75, 3.05) is 0 Å². The smallest absolute Gasteiger partial charge is 0.182 e. The van der Waals surface area contributed by atoms with Gasteiger partial charge in [-0.1, -0.05) is 17.7 Å². The fourth-order valence-electron chi connectivity index (χ4n) is 2.13. The molecule has 0 saturated heterocycles. The Morgan fingerprint density at radius 1 is 1.15 bits per heavy atom. The van der Waals surface area contributed by atoms with Crippen molar-refractivity contribution in [3.8, 4) is 5.69 Å². The molecule has 2 aromatic carbocycles. The molecule has 3 aromatic rings. The van der Waals surface area contributed by atoms with Crippen LogP contribution in [0.1, 0.15) is 5.56 Å². The lowest BCUT2D eigenvalue weighted by Gasteiger charge is -2.07. The average molecular weight is 311 g/mol. The largest absolute Gasteiger partial charge is 0.330 e. The van der Waals surface area contributed by atoms with Crippen molar-refractivity contribution in [3.63, 3.8) is 0 Å². The Kier molecular flexibility index (Phi) is 3.11. The molecule has 0 unspecified atom stereocenters. The number of hydrogen-bond acceptors (Lipinski definition) is 1. The van der Waals surface area contributed by atoms with Gasteiger partial charge in [-0.25, -0.2) is 8.78 Å². The SMILES string of the molecule is Cc1ccc(-n2c(=S)[nH]c3cc(F)c(Cl)cc32)c(F)c1. The minimum atomic E-state index is -0.549. The van der Waals surface area contributed by atoms with E-state index in [1.54, 1.807) is 19.1 Å². The topological polar surface area (TPSA) is 20.7 Å². The van der Waals surface area contributed by atoms with Crippen LogP contribution in [0.15, 0.2) is 30.3 Å². The number of benzene rings is 2. The van der Waals surface area contributed by atoms with Gasteiger partial charge in [0.05, 0.1) is 21.7 Å². The second-order valence-electron chi connectivity index (χ2n) is 4.50. The number of aromatic nitrogens is 2. The summed E-state index contributed by atoms with van der Waals surface area (Å²) in [5.74, 6) is -0.950. The van der Waals surface area contributed by atoms with Crippen LogP contribution in [-0.4, -0.2) is 9.55 Å². The van der Waals surface area contributed by atoms with Crippen LogP contribution < -0.4 is 0 Å². The molecule has 6 heteroatoms. The third kappa shape index (κ3) is 2.03. The lowest BCUT2D eigenvalue weighted by Crippen LogP contribution is -1.98. The normalized spacial score (nSPS) is 11.2. The van der Waals surface area contributed by atoms with Crippen molar-refractivity contribution >= 4 is 34.9 Å². The Bertz CT molecular complexity index is 883. The number of halogens is 3. The summed E-state index contributed by atoms with van der Waals surface area (Å²) in [6.07, 6.45) is 0. The number of H-pyrrole nitrogens is 1. The Balaban J connectivity index is 2.39. The van der Waals surface area contributed by atoms with Crippen LogP contribution in [-0.2, 0) is 0 Å². The molecule has 0 fully saturated rings. The monoisotopic (exact) mass is 310 g/mol. The predicted octanol–water partition coefficient (Wildman–Crippen LogP) is 4.93. The highest BCUT2D eigenvalue weighted by Gasteiger charge is 2.13. The third-order valence-electron chi connectivity index (χ3n) is 3.07. The van der Waals surface area contributed by atoms with Gasteiger partial charge in [-0.05, 0) is 42.9 Å². The number of nitrogens with one attached hydrogen (secondary N) is 1. The molecule has 1 N–H and O–H groups in total. The molecule has 1 aromatic heterocycles. The Morgan fingerprint density at radius 2 is 1.90 bits per heavy atom. The number of rotatable bonds is 1. The van der Waals surface area contributed by atoms with Gasteiger partial charge in [-0.15, -0.1) is 0 Å². The van der Waals surface area contributed by atoms with Crippen LogP contribution in [0.3, 0.4) is 0 Å². The number of imidazole rings is 1. The van der Waals surface area contributed by atoms with Crippen LogP contribution in [0, 0.1) is 23.3 Å². The van der Waals surface area contributed by atoms with Crippen LogP contribution in [0.5, 0.6) is 0 Å². The first-order valence-corrected chi connectivity index (χ1v) is 6.62. The fraction of sp³-hybridized carbons (Fsp3) is 0.0714. The molecule has 1 heterocycles. The molecular formula is C14H9ClF2N2S. The highest BCUT2D eigenvalue weighted by atomic mass is 35.5. The van der Waals surface area contributed by atoms with Gasteiger partial charge >= 0.3 is 0 Å². The van der Waals surface area contributed by atoms with Gasteiger partial charge in [-0.3, -0.25) is 4.57 Å². The summed E-state index contributed by atoms with van der Waals surface area (Å²) in [4.78, 5) is 2.85. The molecule has 0 radical (unpaired) electrons. The van der Waals surface area contributed by atoms with Crippen molar-refractivity contribution in [2.45, 2.75) is 6.92 Å². The first kappa shape index (κ1) is 13.3. The molecule has 0 aliphatic heterocycles. The Labute approximate surface area is 123 Å². The Morgan fingerprint density at radius 3 is 2.60 bits per heavy atom. The zero-order valence-electron chi connectivity index (χ0n) is 10.4. The van der Waals surface area contributed by atoms with E-state index in [4.69, 9.17) is 23.8 Å². The maximum Gasteiger partial charge on any atom is 0.182 e. The van der Waals surface area contributed by atoms with E-state index in [1.165, 1.54) is 22.8 Å². The van der Waals surface area contributed by atoms with Crippen molar-refractivity contribution < 1.29 is 8.78 Å². The quantitative estimate of drug-likeness (QED) is 0.632. The molecule has 0 aliphatic rings. The highest BCUT2D eigenvalue weighted by Crippen LogP contribution is 2.26. The van der Waals surface area contributed by atoms with E-state index in [0.717, 1.165) is 5.56 Å². The number of hydrogen-bond donors (Lipinski definition) is 1. The summed E-state index contributed by atoms with van der Waals surface area (Å²) >= 11 is 11.0. The molecule has 102 valence electrons. The summed E-state index contributed by atoms with van der Waals surface area (Å²) in [6, 6.07) is 7.50. The second kappa shape index (κ2) is 4.68. The summed E-state index contributed by atoms with van der Waals surface area (Å²) in [7, 11) is 0. The van der Waals surface area contributed by atoms with Crippen molar-refractivity contribution in [1.82, 2.24) is 9.55 Å². The van der Waals surface area contributed by atoms with Crippen molar-refractivity contribution in [1.29, 1.82) is 0 Å². The molecule has 2 nitrogen and oxygen atoms in total. The standard InChI is InChI=1S/C14H9ClF2N2S/c1-7-2-3-12(10(17)4-7)19-13-5-8(15)9(16)6-11(13)18-14(19)20/h2-6H,1H3,(H,18,20). The lowest BCUT2D eigenvalue weighted by molar-refractivity contribution is 0.617. The van der Waals surface area contributed by atoms with Crippen LogP contribution in [0.25, 0.3) is 16.7 Å². The van der Waals surface area contributed by atoms with Gasteiger partial charge in [0.1, 0.15) is 11.6 Å². The fourth-order valence-corrected chi connectivity index (χ4v) is 2.60. The zero-order valence-corrected chi connectivity index (χ0v) is 11.9. The summed E-state index contributed by atoms with van der Waals surface area (Å²) in [5.41, 5.74) is 2.11. The summed E-state index contributed by atoms with van der Waals surface area (Å²) in [5, 5.41) is -0.0345. The molecule has 0 bridgehead atoms. The minimum absolute atomic E-state index is 0.0345. The van der Waals surface area contributed by atoms with E-state index in [9.17, 15) is 8.78 Å². The average Bonchev–Trinajstić information content (AvgIpc) is 2.66. The molecule has 0 amide bonds. The van der Waals surface area contributed by atoms with Gasteiger partial charge in [-0.2, -0.15) is 0 Å². The first-order chi connectivity index (χ1) is 9.47. The third-order valence-corrected chi connectivity index (χ3v) is 3.64. The Hall–Kier alpha value is -1.72. The minimum Gasteiger partial charge on any atom is -0.330 e. The predicted molar refractivity (Wildman–Crippen MR) is 78.1 cm³/mol. The van der Waals surface area contributed by atoms with E-state index < -0.39 is 11.6 Å². The van der Waals surface area contributed by atoms with E-state index in [2.05, 4.69) is 4.98 Å². The van der Waals surface area contributed by atoms with E-state index in [0.29, 0.717) is 16.7 Å². The molecule has 0 spiro atoms. The maximum atomic E-state index is 14.1. The zero-order chi connectivity index (χ0) is 14.4. The van der Waals surface area contributed by atoms with E-state index >= 15 is 0 Å². The highest BCUT2D eigenvalue weighted by molar-refractivity contribution is 7.71. The van der Waals surface area contributed by atoms with Crippen molar-refractivity contribution in [2.24, 2.45) is 0 Å². The van der Waals surface area contributed by atoms with Gasteiger partial charge < -0.3 is 4.98 Å². The van der Waals surface area contributed by atoms with Gasteiger partial charge in [0, 0.05) is 6.07 Å². The van der Waals surface area contributed by atoms with E-state index in [-0.39, 0.29) is 9.79 Å². The summed E-state index contributed by atoms with van der Waals surface area (Å²) in [6.45, 7) is 1.80. The molecule has 0 atom stereocenters. The van der Waals surface area contributed by atoms with Crippen molar-refractivity contribution in [3.05, 3.63) is 57.3 Å². The lowest BCUT2D eigenvalue weighted by atomic mass is 10.2. The number of aromatic amines is 1. The molecular weight excluding hydrogens is 302 g/mol. The number of nitrogens with zero attached hydrogens (tertiary/aromatic N) is 1. The van der Waals surface area contributed by atoms with E-state index in [1.807, 2.05) is 0 Å². The molecule has 20 heavy (non-hydrogen) atoms. The van der Waals surface area contributed by atoms with Gasteiger partial charge in [0.15, 0.2) is 4.77 Å². The van der Waals surface area contributed by atoms with Gasteiger partial charge in [0.2, 0.25) is 0 Å². The first-order valence-electron chi connectivity index (χ1n) is 5.83. The molecule has 0 aliphatic carbocycles. The van der Waals surface area contributed by atoms with Crippen LogP contribution >= 0.6 is 23.8 Å². The molecule has 0 saturated carbocycles. The number of fused-ring (bicyclic) bond motifs is 1. The van der Waals surface area contributed by atoms with Crippen LogP contribution in [0.2, 0.25) is 5.02 Å².